The Morgan fingerprint density at radius 1 is 1.43 bits per heavy atom. The lowest BCUT2D eigenvalue weighted by Gasteiger charge is -2.01. The minimum atomic E-state index is -0.242. The number of anilines is 1. The lowest BCUT2D eigenvalue weighted by molar-refractivity contribution is 0.605. The first kappa shape index (κ1) is 9.09. The number of benzene rings is 1. The highest BCUT2D eigenvalue weighted by Gasteiger charge is 2.06. The third-order valence-electron chi connectivity index (χ3n) is 2.08. The molecule has 1 aromatic carbocycles. The SMILES string of the molecule is Cc1cc2occ(N)c(=O)c2cc1Cl. The summed E-state index contributed by atoms with van der Waals surface area (Å²) in [5, 5.41) is 0.955. The molecule has 0 aliphatic carbocycles. The molecular weight excluding hydrogens is 202 g/mol. The summed E-state index contributed by atoms with van der Waals surface area (Å²) in [6, 6.07) is 3.30. The maximum absolute atomic E-state index is 11.5. The fourth-order valence-electron chi connectivity index (χ4n) is 1.27. The van der Waals surface area contributed by atoms with E-state index in [0.29, 0.717) is 16.0 Å². The summed E-state index contributed by atoms with van der Waals surface area (Å²) in [4.78, 5) is 11.5. The van der Waals surface area contributed by atoms with E-state index >= 15 is 0 Å². The van der Waals surface area contributed by atoms with Crippen LogP contribution in [0.2, 0.25) is 5.02 Å². The van der Waals surface area contributed by atoms with Gasteiger partial charge in [0.05, 0.1) is 5.39 Å². The molecule has 1 aromatic heterocycles. The van der Waals surface area contributed by atoms with E-state index in [4.69, 9.17) is 21.8 Å². The zero-order valence-corrected chi connectivity index (χ0v) is 8.26. The van der Waals surface area contributed by atoms with Crippen molar-refractivity contribution >= 4 is 28.3 Å². The molecule has 14 heavy (non-hydrogen) atoms. The summed E-state index contributed by atoms with van der Waals surface area (Å²) >= 11 is 5.89. The molecule has 0 aliphatic heterocycles. The zero-order chi connectivity index (χ0) is 10.3. The van der Waals surface area contributed by atoms with Crippen LogP contribution in [0.3, 0.4) is 0 Å². The van der Waals surface area contributed by atoms with Crippen LogP contribution >= 0.6 is 11.6 Å². The van der Waals surface area contributed by atoms with Crippen LogP contribution in [-0.4, -0.2) is 0 Å². The monoisotopic (exact) mass is 209 g/mol. The van der Waals surface area contributed by atoms with Gasteiger partial charge in [0.25, 0.3) is 0 Å². The van der Waals surface area contributed by atoms with E-state index in [1.54, 1.807) is 12.1 Å². The third-order valence-corrected chi connectivity index (χ3v) is 2.49. The van der Waals surface area contributed by atoms with Crippen LogP contribution in [0, 0.1) is 6.92 Å². The van der Waals surface area contributed by atoms with Crippen LogP contribution in [0.15, 0.2) is 27.6 Å². The van der Waals surface area contributed by atoms with Crippen molar-refractivity contribution in [2.24, 2.45) is 0 Å². The number of halogens is 1. The summed E-state index contributed by atoms with van der Waals surface area (Å²) < 4.78 is 5.18. The second-order valence-corrected chi connectivity index (χ2v) is 3.52. The molecule has 0 saturated heterocycles. The first-order valence-electron chi connectivity index (χ1n) is 4.06. The second kappa shape index (κ2) is 3.03. The molecule has 0 fully saturated rings. The van der Waals surface area contributed by atoms with Crippen molar-refractivity contribution in [2.75, 3.05) is 5.73 Å². The molecule has 1 heterocycles. The van der Waals surface area contributed by atoms with E-state index in [0.717, 1.165) is 5.56 Å². The molecule has 0 aliphatic rings. The van der Waals surface area contributed by atoms with E-state index in [1.165, 1.54) is 6.26 Å². The number of hydrogen-bond donors (Lipinski definition) is 1. The Labute approximate surface area is 85.1 Å². The number of fused-ring (bicyclic) bond motifs is 1. The highest BCUT2D eigenvalue weighted by atomic mass is 35.5. The van der Waals surface area contributed by atoms with Crippen molar-refractivity contribution < 1.29 is 4.42 Å². The number of nitrogens with two attached hydrogens (primary N) is 1. The van der Waals surface area contributed by atoms with Crippen LogP contribution in [0.25, 0.3) is 11.0 Å². The van der Waals surface area contributed by atoms with Crippen LogP contribution in [0.4, 0.5) is 5.69 Å². The Hall–Kier alpha value is -1.48. The standard InChI is InChI=1S/C10H8ClNO2/c1-5-2-9-6(3-7(5)11)10(13)8(12)4-14-9/h2-4H,12H2,1H3. The van der Waals surface area contributed by atoms with Gasteiger partial charge in [-0.2, -0.15) is 0 Å². The highest BCUT2D eigenvalue weighted by molar-refractivity contribution is 6.32. The molecule has 3 nitrogen and oxygen atoms in total. The molecule has 0 saturated carbocycles. The Bertz CT molecular complexity index is 560. The Kier molecular flexibility index (Phi) is 1.97. The van der Waals surface area contributed by atoms with Gasteiger partial charge in [-0.1, -0.05) is 11.6 Å². The summed E-state index contributed by atoms with van der Waals surface area (Å²) in [5.74, 6) is 0. The number of rotatable bonds is 0. The second-order valence-electron chi connectivity index (χ2n) is 3.12. The Balaban J connectivity index is 2.97. The van der Waals surface area contributed by atoms with Crippen LogP contribution < -0.4 is 11.2 Å². The molecule has 0 atom stereocenters. The summed E-state index contributed by atoms with van der Waals surface area (Å²) in [7, 11) is 0. The smallest absolute Gasteiger partial charge is 0.215 e. The van der Waals surface area contributed by atoms with Gasteiger partial charge in [0.15, 0.2) is 0 Å². The normalized spacial score (nSPS) is 10.7. The molecule has 0 amide bonds. The molecule has 0 unspecified atom stereocenters. The molecule has 0 bridgehead atoms. The van der Waals surface area contributed by atoms with Gasteiger partial charge in [0.1, 0.15) is 17.5 Å². The van der Waals surface area contributed by atoms with Crippen molar-refractivity contribution in [3.05, 3.63) is 39.2 Å². The maximum atomic E-state index is 11.5. The van der Waals surface area contributed by atoms with Crippen molar-refractivity contribution in [3.63, 3.8) is 0 Å². The van der Waals surface area contributed by atoms with Crippen molar-refractivity contribution in [3.8, 4) is 0 Å². The Morgan fingerprint density at radius 3 is 2.86 bits per heavy atom. The lowest BCUT2D eigenvalue weighted by Crippen LogP contribution is -2.07. The molecule has 72 valence electrons. The molecule has 2 rings (SSSR count). The van der Waals surface area contributed by atoms with Gasteiger partial charge in [-0.05, 0) is 24.6 Å². The zero-order valence-electron chi connectivity index (χ0n) is 7.50. The fourth-order valence-corrected chi connectivity index (χ4v) is 1.43. The van der Waals surface area contributed by atoms with E-state index in [-0.39, 0.29) is 11.1 Å². The average Bonchev–Trinajstić information content (AvgIpc) is 2.15. The Morgan fingerprint density at radius 2 is 2.14 bits per heavy atom. The molecule has 0 spiro atoms. The van der Waals surface area contributed by atoms with Gasteiger partial charge < -0.3 is 10.2 Å². The van der Waals surface area contributed by atoms with Gasteiger partial charge in [-0.3, -0.25) is 4.79 Å². The summed E-state index contributed by atoms with van der Waals surface area (Å²) in [6.07, 6.45) is 1.25. The minimum Gasteiger partial charge on any atom is -0.462 e. The average molecular weight is 210 g/mol. The predicted octanol–water partition coefficient (Wildman–Crippen LogP) is 2.34. The lowest BCUT2D eigenvalue weighted by atomic mass is 10.1. The van der Waals surface area contributed by atoms with E-state index in [2.05, 4.69) is 0 Å². The number of hydrogen-bond acceptors (Lipinski definition) is 3. The quantitative estimate of drug-likeness (QED) is 0.725. The van der Waals surface area contributed by atoms with Gasteiger partial charge in [0.2, 0.25) is 5.43 Å². The van der Waals surface area contributed by atoms with Crippen molar-refractivity contribution in [1.29, 1.82) is 0 Å². The molecule has 4 heteroatoms. The van der Waals surface area contributed by atoms with Crippen molar-refractivity contribution in [1.82, 2.24) is 0 Å². The predicted molar refractivity (Wildman–Crippen MR) is 56.6 cm³/mol. The first-order valence-corrected chi connectivity index (χ1v) is 4.44. The highest BCUT2D eigenvalue weighted by Crippen LogP contribution is 2.21. The van der Waals surface area contributed by atoms with E-state index in [9.17, 15) is 4.79 Å². The minimum absolute atomic E-state index is 0.0948. The van der Waals surface area contributed by atoms with Gasteiger partial charge in [-0.15, -0.1) is 0 Å². The van der Waals surface area contributed by atoms with Crippen LogP contribution in [0.1, 0.15) is 5.56 Å². The maximum Gasteiger partial charge on any atom is 0.215 e. The molecular formula is C10H8ClNO2. The molecule has 0 radical (unpaired) electrons. The number of nitrogen functional groups attached to an aromatic ring is 1. The number of aryl methyl sites for hydroxylation is 1. The van der Waals surface area contributed by atoms with E-state index < -0.39 is 0 Å². The van der Waals surface area contributed by atoms with Gasteiger partial charge in [-0.25, -0.2) is 0 Å². The topological polar surface area (TPSA) is 56.2 Å². The third kappa shape index (κ3) is 1.26. The first-order chi connectivity index (χ1) is 6.59. The van der Waals surface area contributed by atoms with Crippen LogP contribution in [-0.2, 0) is 0 Å². The summed E-state index contributed by atoms with van der Waals surface area (Å²) in [6.45, 7) is 1.85. The van der Waals surface area contributed by atoms with Crippen LogP contribution in [0.5, 0.6) is 0 Å². The summed E-state index contributed by atoms with van der Waals surface area (Å²) in [5.41, 5.74) is 6.65. The van der Waals surface area contributed by atoms with Crippen molar-refractivity contribution in [2.45, 2.75) is 6.92 Å². The fraction of sp³-hybridized carbons (Fsp3) is 0.100. The molecule has 2 N–H and O–H groups in total. The molecule has 2 aromatic rings. The largest absolute Gasteiger partial charge is 0.462 e. The van der Waals surface area contributed by atoms with E-state index in [1.807, 2.05) is 6.92 Å². The van der Waals surface area contributed by atoms with Gasteiger partial charge >= 0.3 is 0 Å². The van der Waals surface area contributed by atoms with Gasteiger partial charge in [0, 0.05) is 5.02 Å².